The highest BCUT2D eigenvalue weighted by Gasteiger charge is 2.17. The van der Waals surface area contributed by atoms with Gasteiger partial charge in [-0.25, -0.2) is 4.98 Å². The first kappa shape index (κ1) is 14.7. The van der Waals surface area contributed by atoms with Gasteiger partial charge in [0.05, 0.1) is 0 Å². The van der Waals surface area contributed by atoms with Crippen LogP contribution in [-0.4, -0.2) is 16.1 Å². The molecule has 0 aliphatic carbocycles. The van der Waals surface area contributed by atoms with Gasteiger partial charge in [0, 0.05) is 24.5 Å². The summed E-state index contributed by atoms with van der Waals surface area (Å²) in [7, 11) is 0. The predicted octanol–water partition coefficient (Wildman–Crippen LogP) is 2.70. The average molecular weight is 251 g/mol. The fourth-order valence-corrected chi connectivity index (χ4v) is 1.55. The minimum Gasteiger partial charge on any atom is -0.365 e. The number of aromatic nitrogens is 2. The Labute approximate surface area is 109 Å². The predicted molar refractivity (Wildman–Crippen MR) is 76.0 cm³/mol. The van der Waals surface area contributed by atoms with Crippen LogP contribution in [-0.2, 0) is 5.54 Å². The van der Waals surface area contributed by atoms with Crippen LogP contribution in [0.1, 0.15) is 41.5 Å². The molecule has 1 rings (SSSR count). The quantitative estimate of drug-likeness (QED) is 0.895. The summed E-state index contributed by atoms with van der Waals surface area (Å²) in [5.74, 6) is 1.54. The van der Waals surface area contributed by atoms with E-state index in [1.165, 1.54) is 0 Å². The summed E-state index contributed by atoms with van der Waals surface area (Å²) in [5.41, 5.74) is -0.277. The van der Waals surface area contributed by atoms with Crippen molar-refractivity contribution in [3.05, 3.63) is 22.7 Å². The number of anilines is 1. The maximum Gasteiger partial charge on any atom is 0.293 e. The number of nitrogens with zero attached hydrogens (tertiary/aromatic N) is 2. The van der Waals surface area contributed by atoms with E-state index >= 15 is 0 Å². The molecule has 1 heterocycles. The zero-order valence-corrected chi connectivity index (χ0v) is 12.3. The van der Waals surface area contributed by atoms with Crippen LogP contribution in [0.3, 0.4) is 0 Å². The summed E-state index contributed by atoms with van der Waals surface area (Å²) in [6.07, 6.45) is 3.41. The van der Waals surface area contributed by atoms with Crippen LogP contribution in [0, 0.1) is 11.8 Å². The molecule has 0 saturated carbocycles. The normalized spacial score (nSPS) is 13.7. The van der Waals surface area contributed by atoms with Crippen molar-refractivity contribution in [3.63, 3.8) is 0 Å². The molecule has 0 spiro atoms. The minimum absolute atomic E-state index is 0.0547. The lowest BCUT2D eigenvalue weighted by atomic mass is 9.98. The average Bonchev–Trinajstić information content (AvgIpc) is 2.25. The summed E-state index contributed by atoms with van der Waals surface area (Å²) in [6.45, 7) is 13.3. The highest BCUT2D eigenvalue weighted by molar-refractivity contribution is 5.31. The Morgan fingerprint density at radius 2 is 1.94 bits per heavy atom. The topological polar surface area (TPSA) is 46.9 Å². The molecule has 0 saturated heterocycles. The van der Waals surface area contributed by atoms with E-state index < -0.39 is 0 Å². The van der Waals surface area contributed by atoms with Gasteiger partial charge in [0.1, 0.15) is 0 Å². The van der Waals surface area contributed by atoms with E-state index in [-0.39, 0.29) is 11.1 Å². The summed E-state index contributed by atoms with van der Waals surface area (Å²) in [5, 5.41) is 3.16. The van der Waals surface area contributed by atoms with Gasteiger partial charge < -0.3 is 9.88 Å². The molecular formula is C14H25N3O. The van der Waals surface area contributed by atoms with Gasteiger partial charge in [-0.05, 0) is 32.6 Å². The highest BCUT2D eigenvalue weighted by atomic mass is 16.1. The first-order valence-corrected chi connectivity index (χ1v) is 6.55. The molecule has 0 amide bonds. The number of hydrogen-bond donors (Lipinski definition) is 1. The van der Waals surface area contributed by atoms with Gasteiger partial charge in [0.25, 0.3) is 5.56 Å². The van der Waals surface area contributed by atoms with Crippen LogP contribution in [0.15, 0.2) is 17.2 Å². The van der Waals surface area contributed by atoms with Gasteiger partial charge in [0.15, 0.2) is 5.82 Å². The molecule has 1 aromatic heterocycles. The fourth-order valence-electron chi connectivity index (χ4n) is 1.55. The first-order chi connectivity index (χ1) is 8.23. The standard InChI is InChI=1S/C14H25N3O/c1-10(2)11(3)9-16-12-13(18)17(8-7-15-12)14(4,5)6/h7-8,10-11H,9H2,1-6H3,(H,15,16). The van der Waals surface area contributed by atoms with Crippen LogP contribution in [0.4, 0.5) is 5.82 Å². The molecule has 0 aliphatic rings. The summed E-state index contributed by atoms with van der Waals surface area (Å²) in [6, 6.07) is 0. The van der Waals surface area contributed by atoms with Crippen LogP contribution >= 0.6 is 0 Å². The third-order valence-corrected chi connectivity index (χ3v) is 3.29. The Morgan fingerprint density at radius 3 is 2.44 bits per heavy atom. The Balaban J connectivity index is 2.89. The Bertz CT molecular complexity index is 443. The van der Waals surface area contributed by atoms with Crippen LogP contribution in [0.5, 0.6) is 0 Å². The van der Waals surface area contributed by atoms with Crippen LogP contribution < -0.4 is 10.9 Å². The Kier molecular flexibility index (Phi) is 4.54. The Hall–Kier alpha value is -1.32. The zero-order valence-electron chi connectivity index (χ0n) is 12.3. The van der Waals surface area contributed by atoms with Gasteiger partial charge in [0.2, 0.25) is 0 Å². The van der Waals surface area contributed by atoms with E-state index in [9.17, 15) is 4.79 Å². The SMILES string of the molecule is CC(C)C(C)CNc1nccn(C(C)(C)C)c1=O. The maximum atomic E-state index is 12.2. The van der Waals surface area contributed by atoms with Gasteiger partial charge in [-0.1, -0.05) is 20.8 Å². The lowest BCUT2D eigenvalue weighted by Gasteiger charge is -2.23. The number of nitrogens with one attached hydrogen (secondary N) is 1. The highest BCUT2D eigenvalue weighted by Crippen LogP contribution is 2.12. The molecule has 0 bridgehead atoms. The first-order valence-electron chi connectivity index (χ1n) is 6.55. The van der Waals surface area contributed by atoms with Gasteiger partial charge in [-0.3, -0.25) is 4.79 Å². The molecule has 1 unspecified atom stereocenters. The van der Waals surface area contributed by atoms with Crippen molar-refractivity contribution in [2.45, 2.75) is 47.1 Å². The van der Waals surface area contributed by atoms with Crippen molar-refractivity contribution >= 4 is 5.82 Å². The largest absolute Gasteiger partial charge is 0.365 e. The summed E-state index contributed by atoms with van der Waals surface area (Å²) < 4.78 is 1.71. The molecule has 0 radical (unpaired) electrons. The van der Waals surface area contributed by atoms with Crippen LogP contribution in [0.25, 0.3) is 0 Å². The van der Waals surface area contributed by atoms with Crippen LogP contribution in [0.2, 0.25) is 0 Å². The number of hydrogen-bond acceptors (Lipinski definition) is 3. The van der Waals surface area contributed by atoms with Crippen molar-refractivity contribution in [2.24, 2.45) is 11.8 Å². The van der Waals surface area contributed by atoms with Gasteiger partial charge in [-0.2, -0.15) is 0 Å². The fraction of sp³-hybridized carbons (Fsp3) is 0.714. The zero-order chi connectivity index (χ0) is 13.9. The summed E-state index contributed by atoms with van der Waals surface area (Å²) in [4.78, 5) is 16.4. The van der Waals surface area contributed by atoms with Crippen molar-refractivity contribution < 1.29 is 0 Å². The smallest absolute Gasteiger partial charge is 0.293 e. The maximum absolute atomic E-state index is 12.2. The minimum atomic E-state index is -0.222. The van der Waals surface area contributed by atoms with Crippen molar-refractivity contribution in [1.82, 2.24) is 9.55 Å². The molecule has 4 heteroatoms. The van der Waals surface area contributed by atoms with E-state index in [2.05, 4.69) is 31.1 Å². The van der Waals surface area contributed by atoms with E-state index in [0.29, 0.717) is 17.7 Å². The molecule has 1 aromatic rings. The third-order valence-electron chi connectivity index (χ3n) is 3.29. The lowest BCUT2D eigenvalue weighted by molar-refractivity contribution is 0.382. The molecule has 1 atom stereocenters. The second-order valence-electron chi connectivity index (χ2n) is 6.22. The third kappa shape index (κ3) is 3.59. The molecule has 102 valence electrons. The van der Waals surface area contributed by atoms with Gasteiger partial charge in [-0.15, -0.1) is 0 Å². The molecule has 18 heavy (non-hydrogen) atoms. The molecule has 0 aliphatic heterocycles. The van der Waals surface area contributed by atoms with Crippen molar-refractivity contribution in [3.8, 4) is 0 Å². The van der Waals surface area contributed by atoms with E-state index in [0.717, 1.165) is 6.54 Å². The molecular weight excluding hydrogens is 226 g/mol. The second-order valence-corrected chi connectivity index (χ2v) is 6.22. The van der Waals surface area contributed by atoms with Crippen molar-refractivity contribution in [2.75, 3.05) is 11.9 Å². The van der Waals surface area contributed by atoms with Crippen molar-refractivity contribution in [1.29, 1.82) is 0 Å². The molecule has 4 nitrogen and oxygen atoms in total. The Morgan fingerprint density at radius 1 is 1.33 bits per heavy atom. The summed E-state index contributed by atoms with van der Waals surface area (Å²) >= 11 is 0. The second kappa shape index (κ2) is 5.55. The van der Waals surface area contributed by atoms with Gasteiger partial charge >= 0.3 is 0 Å². The van der Waals surface area contributed by atoms with E-state index in [4.69, 9.17) is 0 Å². The monoisotopic (exact) mass is 251 g/mol. The molecule has 0 fully saturated rings. The van der Waals surface area contributed by atoms with E-state index in [1.807, 2.05) is 20.8 Å². The van der Waals surface area contributed by atoms with E-state index in [1.54, 1.807) is 17.0 Å². The lowest BCUT2D eigenvalue weighted by Crippen LogP contribution is -2.35. The number of rotatable bonds is 4. The molecule has 1 N–H and O–H groups in total. The molecule has 0 aromatic carbocycles.